The molecule has 0 spiro atoms. The van der Waals surface area contributed by atoms with E-state index >= 15 is 0 Å². The molecular weight excluding hydrogens is 492 g/mol. The van der Waals surface area contributed by atoms with Gasteiger partial charge in [-0.1, -0.05) is 0 Å². The predicted molar refractivity (Wildman–Crippen MR) is 130 cm³/mol. The van der Waals surface area contributed by atoms with Gasteiger partial charge in [0.15, 0.2) is 17.2 Å². The number of aliphatic hydroxyl groups excluding tert-OH is 2. The van der Waals surface area contributed by atoms with Crippen LogP contribution in [0.3, 0.4) is 0 Å². The van der Waals surface area contributed by atoms with Crippen LogP contribution in [0.15, 0.2) is 23.0 Å². The summed E-state index contributed by atoms with van der Waals surface area (Å²) in [7, 11) is 3.15. The molecule has 1 fully saturated rings. The van der Waals surface area contributed by atoms with Crippen molar-refractivity contribution in [1.82, 2.24) is 4.90 Å². The van der Waals surface area contributed by atoms with Crippen LogP contribution in [0.4, 0.5) is 5.69 Å². The van der Waals surface area contributed by atoms with E-state index in [1.807, 2.05) is 0 Å². The Morgan fingerprint density at radius 3 is 2.42 bits per heavy atom. The predicted octanol–water partition coefficient (Wildman–Crippen LogP) is 1.55. The number of nitrogens with zero attached hydrogens (tertiary/aromatic N) is 1. The molecule has 3 aliphatic rings. The maximum atomic E-state index is 13.8. The lowest BCUT2D eigenvalue weighted by Crippen LogP contribution is -2.65. The Kier molecular flexibility index (Phi) is 6.27. The monoisotopic (exact) mass is 518 g/mol. The van der Waals surface area contributed by atoms with Crippen molar-refractivity contribution in [2.45, 2.75) is 38.3 Å². The topological polar surface area (TPSA) is 164 Å². The Balaban J connectivity index is 1.95. The van der Waals surface area contributed by atoms with Crippen LogP contribution >= 0.6 is 11.6 Å². The number of anilines is 1. The lowest BCUT2D eigenvalue weighted by Gasteiger charge is -2.50. The highest BCUT2D eigenvalue weighted by Crippen LogP contribution is 2.53. The molecular formula is C25H27ClN2O8. The van der Waals surface area contributed by atoms with Crippen molar-refractivity contribution in [2.75, 3.05) is 25.3 Å². The van der Waals surface area contributed by atoms with Crippen molar-refractivity contribution in [3.63, 3.8) is 0 Å². The van der Waals surface area contributed by atoms with Crippen LogP contribution < -0.4 is 5.32 Å². The molecule has 192 valence electrons. The summed E-state index contributed by atoms with van der Waals surface area (Å²) in [6.07, 6.45) is 0.227. The standard InChI is InChI=1S/C25H27ClN2O8/c1-9-5-14(27-15(30)8-26)20(31)18-12(9)6-11-7-13-19(28(3)4)22(33)16(10(2)29)23(34)25(13,36)24(35)17(11)21(18)32/h5,11,13,19,31-32,34,36H,6-8H2,1-4H3,(H,27,30)/t11-,13-,19-,25+/m0/s1. The molecule has 0 radical (unpaired) electrons. The second-order valence-corrected chi connectivity index (χ2v) is 10.0. The van der Waals surface area contributed by atoms with Gasteiger partial charge in [-0.2, -0.15) is 0 Å². The molecule has 1 amide bonds. The fourth-order valence-electron chi connectivity index (χ4n) is 5.88. The van der Waals surface area contributed by atoms with Gasteiger partial charge >= 0.3 is 0 Å². The Labute approximate surface area is 211 Å². The molecule has 0 heterocycles. The van der Waals surface area contributed by atoms with E-state index in [0.717, 1.165) is 6.92 Å². The van der Waals surface area contributed by atoms with E-state index in [9.17, 15) is 39.6 Å². The number of alkyl halides is 1. The summed E-state index contributed by atoms with van der Waals surface area (Å²) in [5, 5.41) is 47.1. The first-order valence-electron chi connectivity index (χ1n) is 11.3. The number of rotatable bonds is 4. The molecule has 0 aliphatic heterocycles. The van der Waals surface area contributed by atoms with E-state index in [-0.39, 0.29) is 35.5 Å². The van der Waals surface area contributed by atoms with Crippen molar-refractivity contribution in [1.29, 1.82) is 0 Å². The Morgan fingerprint density at radius 1 is 1.22 bits per heavy atom. The zero-order valence-corrected chi connectivity index (χ0v) is 20.9. The third kappa shape index (κ3) is 3.47. The minimum Gasteiger partial charge on any atom is -0.508 e. The van der Waals surface area contributed by atoms with Gasteiger partial charge in [0, 0.05) is 11.5 Å². The number of aromatic hydroxyl groups is 1. The molecule has 5 N–H and O–H groups in total. The largest absolute Gasteiger partial charge is 0.508 e. The minimum absolute atomic E-state index is 0.0140. The maximum Gasteiger partial charge on any atom is 0.239 e. The average molecular weight is 519 g/mol. The number of phenols is 1. The maximum absolute atomic E-state index is 13.8. The zero-order chi connectivity index (χ0) is 26.9. The molecule has 4 rings (SSSR count). The Morgan fingerprint density at radius 2 is 1.86 bits per heavy atom. The first kappa shape index (κ1) is 25.9. The summed E-state index contributed by atoms with van der Waals surface area (Å²) in [6, 6.07) is 0.458. The number of carbonyl (C=O) groups excluding carboxylic acids is 4. The number of benzene rings is 1. The molecule has 11 heteroatoms. The van der Waals surface area contributed by atoms with E-state index in [0.29, 0.717) is 11.1 Å². The summed E-state index contributed by atoms with van der Waals surface area (Å²) < 4.78 is 0. The molecule has 1 aromatic carbocycles. The molecule has 4 atom stereocenters. The van der Waals surface area contributed by atoms with Gasteiger partial charge < -0.3 is 25.7 Å². The van der Waals surface area contributed by atoms with Gasteiger partial charge in [0.25, 0.3) is 0 Å². The molecule has 1 saturated carbocycles. The smallest absolute Gasteiger partial charge is 0.239 e. The Bertz CT molecular complexity index is 1300. The number of aliphatic hydroxyl groups is 3. The van der Waals surface area contributed by atoms with Gasteiger partial charge in [0.2, 0.25) is 11.7 Å². The van der Waals surface area contributed by atoms with Gasteiger partial charge in [0.1, 0.15) is 28.7 Å². The van der Waals surface area contributed by atoms with E-state index in [4.69, 9.17) is 11.6 Å². The normalized spacial score (nSPS) is 27.6. The summed E-state index contributed by atoms with van der Waals surface area (Å²) in [5.41, 5.74) is -2.44. The Hall–Kier alpha value is -3.21. The number of nitrogens with one attached hydrogen (secondary N) is 1. The van der Waals surface area contributed by atoms with Crippen LogP contribution in [0.1, 0.15) is 30.0 Å². The van der Waals surface area contributed by atoms with Crippen molar-refractivity contribution < 1.29 is 39.6 Å². The van der Waals surface area contributed by atoms with Crippen LogP contribution in [0, 0.1) is 18.8 Å². The molecule has 1 aromatic rings. The number of carbonyl (C=O) groups is 4. The first-order chi connectivity index (χ1) is 16.8. The third-order valence-corrected chi connectivity index (χ3v) is 7.69. The minimum atomic E-state index is -2.63. The summed E-state index contributed by atoms with van der Waals surface area (Å²) >= 11 is 5.54. The summed E-state index contributed by atoms with van der Waals surface area (Å²) in [6.45, 7) is 2.77. The van der Waals surface area contributed by atoms with Crippen LogP contribution in [-0.2, 0) is 25.6 Å². The second kappa shape index (κ2) is 8.72. The fourth-order valence-corrected chi connectivity index (χ4v) is 5.94. The van der Waals surface area contributed by atoms with Gasteiger partial charge in [-0.05, 0) is 63.9 Å². The highest BCUT2D eigenvalue weighted by molar-refractivity contribution is 6.29. The number of fused-ring (bicyclic) bond motifs is 3. The third-order valence-electron chi connectivity index (χ3n) is 7.44. The van der Waals surface area contributed by atoms with Gasteiger partial charge in [-0.15, -0.1) is 11.6 Å². The van der Waals surface area contributed by atoms with Crippen molar-refractivity contribution in [3.05, 3.63) is 39.7 Å². The van der Waals surface area contributed by atoms with Crippen LogP contribution in [0.5, 0.6) is 5.75 Å². The number of aryl methyl sites for hydroxylation is 1. The van der Waals surface area contributed by atoms with Gasteiger partial charge in [-0.25, -0.2) is 0 Å². The molecule has 0 unspecified atom stereocenters. The van der Waals surface area contributed by atoms with Crippen molar-refractivity contribution in [2.24, 2.45) is 11.8 Å². The van der Waals surface area contributed by atoms with Crippen molar-refractivity contribution >= 4 is 46.3 Å². The van der Waals surface area contributed by atoms with Gasteiger partial charge in [0.05, 0.1) is 17.3 Å². The number of phenolic OH excluding ortho intramolecular Hbond substituents is 1. The van der Waals surface area contributed by atoms with Crippen LogP contribution in [0.25, 0.3) is 5.76 Å². The molecule has 36 heavy (non-hydrogen) atoms. The molecule has 3 aliphatic carbocycles. The number of hydrogen-bond acceptors (Lipinski definition) is 9. The summed E-state index contributed by atoms with van der Waals surface area (Å²) in [5.74, 6) is -7.33. The SMILES string of the molecule is CC(=O)C1=C(O)[C@@]2(O)C(=O)C3=C(O)c4c(O)c(NC(=O)CCl)cc(C)c4C[C@H]3C[C@H]2[C@H](N(C)C)C1=O. The molecule has 0 aromatic heterocycles. The lowest BCUT2D eigenvalue weighted by atomic mass is 9.57. The first-order valence-corrected chi connectivity index (χ1v) is 11.9. The zero-order valence-electron chi connectivity index (χ0n) is 20.2. The molecule has 10 nitrogen and oxygen atoms in total. The second-order valence-electron chi connectivity index (χ2n) is 9.78. The van der Waals surface area contributed by atoms with Gasteiger partial charge in [-0.3, -0.25) is 24.1 Å². The molecule has 0 bridgehead atoms. The summed E-state index contributed by atoms with van der Waals surface area (Å²) in [4.78, 5) is 52.5. The number of Topliss-reactive ketones (excluding diaryl/α,β-unsaturated/α-hetero) is 3. The number of likely N-dealkylation sites (N-methyl/N-ethyl adjacent to an activating group) is 1. The van der Waals surface area contributed by atoms with E-state index in [1.54, 1.807) is 21.0 Å². The average Bonchev–Trinajstić information content (AvgIpc) is 2.79. The quantitative estimate of drug-likeness (QED) is 0.226. The highest BCUT2D eigenvalue weighted by atomic mass is 35.5. The van der Waals surface area contributed by atoms with Crippen molar-refractivity contribution in [3.8, 4) is 5.75 Å². The van der Waals surface area contributed by atoms with E-state index in [1.165, 1.54) is 11.0 Å². The fraction of sp³-hybridized carbons (Fsp3) is 0.440. The highest BCUT2D eigenvalue weighted by Gasteiger charge is 2.64. The van der Waals surface area contributed by atoms with E-state index in [2.05, 4.69) is 5.32 Å². The number of amides is 1. The number of ketones is 3. The number of hydrogen-bond donors (Lipinski definition) is 5. The number of halogens is 1. The van der Waals surface area contributed by atoms with Crippen LogP contribution in [-0.4, -0.2) is 80.2 Å². The lowest BCUT2D eigenvalue weighted by molar-refractivity contribution is -0.153. The van der Waals surface area contributed by atoms with E-state index < -0.39 is 69.6 Å². The van der Waals surface area contributed by atoms with Crippen LogP contribution in [0.2, 0.25) is 0 Å². The molecule has 0 saturated heterocycles.